The molecule has 2 N–H and O–H groups in total. The van der Waals surface area contributed by atoms with Crippen molar-refractivity contribution in [1.82, 2.24) is 9.97 Å². The van der Waals surface area contributed by atoms with E-state index in [1.165, 1.54) is 0 Å². The summed E-state index contributed by atoms with van der Waals surface area (Å²) in [7, 11) is 0. The number of anilines is 1. The highest BCUT2D eigenvalue weighted by Gasteiger charge is 2.32. The molecular weight excluding hydrogens is 370 g/mol. The first-order chi connectivity index (χ1) is 13.9. The molecule has 152 valence electrons. The predicted octanol–water partition coefficient (Wildman–Crippen LogP) is 2.14. The Bertz CT molecular complexity index is 945. The molecule has 1 aliphatic rings. The number of aromatic nitrogens is 2. The zero-order valence-corrected chi connectivity index (χ0v) is 16.7. The van der Waals surface area contributed by atoms with Gasteiger partial charge in [0.15, 0.2) is 11.7 Å². The van der Waals surface area contributed by atoms with Gasteiger partial charge in [-0.15, -0.1) is 0 Å². The second-order valence-electron chi connectivity index (χ2n) is 7.67. The number of piperidine rings is 1. The van der Waals surface area contributed by atoms with Crippen LogP contribution in [0.25, 0.3) is 11.0 Å². The van der Waals surface area contributed by atoms with Crippen molar-refractivity contribution in [3.8, 4) is 6.07 Å². The first-order valence-corrected chi connectivity index (χ1v) is 9.78. The molecule has 8 nitrogen and oxygen atoms in total. The lowest BCUT2D eigenvalue weighted by Crippen LogP contribution is -2.39. The Kier molecular flexibility index (Phi) is 6.27. The van der Waals surface area contributed by atoms with Crippen LogP contribution < -0.4 is 10.6 Å². The van der Waals surface area contributed by atoms with Gasteiger partial charge in [-0.25, -0.2) is 9.97 Å². The summed E-state index contributed by atoms with van der Waals surface area (Å²) in [5.41, 5.74) is 7.01. The Morgan fingerprint density at radius 3 is 2.41 bits per heavy atom. The highest BCUT2D eigenvalue weighted by Crippen LogP contribution is 2.30. The quantitative estimate of drug-likeness (QED) is 0.743. The number of hydrogen-bond donors (Lipinski definition) is 1. The van der Waals surface area contributed by atoms with E-state index in [2.05, 4.69) is 4.98 Å². The van der Waals surface area contributed by atoms with E-state index in [-0.39, 0.29) is 30.0 Å². The van der Waals surface area contributed by atoms with Crippen LogP contribution in [0.15, 0.2) is 24.3 Å². The molecule has 1 unspecified atom stereocenters. The number of rotatable bonds is 6. The average molecular weight is 395 g/mol. The number of para-hydroxylation sites is 2. The number of amides is 1. The summed E-state index contributed by atoms with van der Waals surface area (Å²) in [6, 6.07) is 9.36. The Balaban J connectivity index is 1.98. The molecule has 0 saturated carbocycles. The highest BCUT2D eigenvalue weighted by molar-refractivity contribution is 5.85. The van der Waals surface area contributed by atoms with Crippen molar-refractivity contribution >= 4 is 28.7 Å². The van der Waals surface area contributed by atoms with Crippen molar-refractivity contribution in [2.24, 2.45) is 17.6 Å². The zero-order chi connectivity index (χ0) is 21.0. The molecule has 1 amide bonds. The summed E-state index contributed by atoms with van der Waals surface area (Å²) in [5.74, 6) is -1.63. The number of carbonyl (C=O) groups excluding carboxylic acids is 2. The van der Waals surface area contributed by atoms with E-state index < -0.39 is 11.9 Å². The molecule has 8 heteroatoms. The zero-order valence-electron chi connectivity index (χ0n) is 16.7. The Morgan fingerprint density at radius 1 is 1.24 bits per heavy atom. The van der Waals surface area contributed by atoms with Crippen LogP contribution in [0.1, 0.15) is 38.3 Å². The van der Waals surface area contributed by atoms with Crippen molar-refractivity contribution in [2.45, 2.75) is 32.6 Å². The van der Waals surface area contributed by atoms with Gasteiger partial charge in [-0.3, -0.25) is 9.59 Å². The van der Waals surface area contributed by atoms with E-state index in [0.717, 1.165) is 0 Å². The number of nitrogens with two attached hydrogens (primary N) is 1. The van der Waals surface area contributed by atoms with Crippen molar-refractivity contribution < 1.29 is 14.3 Å². The summed E-state index contributed by atoms with van der Waals surface area (Å²) in [5, 5.41) is 9.73. The van der Waals surface area contributed by atoms with E-state index >= 15 is 0 Å². The summed E-state index contributed by atoms with van der Waals surface area (Å²) in [6.07, 6.45) is 1.19. The molecule has 1 saturated heterocycles. The first kappa shape index (κ1) is 20.5. The van der Waals surface area contributed by atoms with Gasteiger partial charge in [0.2, 0.25) is 5.91 Å². The predicted molar refractivity (Wildman–Crippen MR) is 108 cm³/mol. The van der Waals surface area contributed by atoms with Gasteiger partial charge in [0.25, 0.3) is 0 Å². The third kappa shape index (κ3) is 4.62. The molecule has 3 rings (SSSR count). The SMILES string of the molecule is CC(C)COC(=O)C(C#N)c1nc2ccccc2nc1N1CCC(C(N)=O)CC1. The number of nitrogens with zero attached hydrogens (tertiary/aromatic N) is 4. The van der Waals surface area contributed by atoms with Gasteiger partial charge < -0.3 is 15.4 Å². The van der Waals surface area contributed by atoms with Crippen LogP contribution in [0.5, 0.6) is 0 Å². The first-order valence-electron chi connectivity index (χ1n) is 9.78. The van der Waals surface area contributed by atoms with Gasteiger partial charge in [-0.1, -0.05) is 26.0 Å². The molecule has 2 aromatic rings. The molecule has 1 aromatic heterocycles. The summed E-state index contributed by atoms with van der Waals surface area (Å²) >= 11 is 0. The van der Waals surface area contributed by atoms with Crippen LogP contribution in [0.3, 0.4) is 0 Å². The normalized spacial score (nSPS) is 15.9. The fourth-order valence-electron chi connectivity index (χ4n) is 3.36. The maximum Gasteiger partial charge on any atom is 0.329 e. The molecular formula is C21H25N5O3. The number of hydrogen-bond acceptors (Lipinski definition) is 7. The molecule has 0 bridgehead atoms. The van der Waals surface area contributed by atoms with Crippen LogP contribution in [0.2, 0.25) is 0 Å². The molecule has 0 aliphatic carbocycles. The number of benzene rings is 1. The summed E-state index contributed by atoms with van der Waals surface area (Å²) in [6.45, 7) is 5.19. The Hall–Kier alpha value is -3.21. The number of carbonyl (C=O) groups is 2. The van der Waals surface area contributed by atoms with E-state index in [1.807, 2.05) is 43.0 Å². The molecule has 1 aliphatic heterocycles. The van der Waals surface area contributed by atoms with Gasteiger partial charge in [0.05, 0.1) is 23.7 Å². The lowest BCUT2D eigenvalue weighted by Gasteiger charge is -2.32. The third-order valence-corrected chi connectivity index (χ3v) is 4.97. The Labute approximate surface area is 169 Å². The van der Waals surface area contributed by atoms with Gasteiger partial charge >= 0.3 is 5.97 Å². The van der Waals surface area contributed by atoms with Crippen LogP contribution in [-0.4, -0.2) is 41.5 Å². The second-order valence-corrected chi connectivity index (χ2v) is 7.67. The van der Waals surface area contributed by atoms with Crippen molar-refractivity contribution in [3.63, 3.8) is 0 Å². The van der Waals surface area contributed by atoms with Crippen molar-refractivity contribution in [2.75, 3.05) is 24.6 Å². The average Bonchev–Trinajstić information content (AvgIpc) is 2.72. The Morgan fingerprint density at radius 2 is 1.86 bits per heavy atom. The largest absolute Gasteiger partial charge is 0.464 e. The van der Waals surface area contributed by atoms with Crippen molar-refractivity contribution in [1.29, 1.82) is 5.26 Å². The number of primary amides is 1. The fourth-order valence-corrected chi connectivity index (χ4v) is 3.36. The fraction of sp³-hybridized carbons (Fsp3) is 0.476. The molecule has 0 radical (unpaired) electrons. The number of ether oxygens (including phenoxy) is 1. The van der Waals surface area contributed by atoms with E-state index in [0.29, 0.717) is 42.8 Å². The number of esters is 1. The maximum absolute atomic E-state index is 12.6. The van der Waals surface area contributed by atoms with Crippen molar-refractivity contribution in [3.05, 3.63) is 30.0 Å². The molecule has 1 atom stereocenters. The number of nitriles is 1. The van der Waals surface area contributed by atoms with Gasteiger partial charge in [0.1, 0.15) is 5.69 Å². The minimum Gasteiger partial charge on any atom is -0.464 e. The monoisotopic (exact) mass is 395 g/mol. The van der Waals surface area contributed by atoms with E-state index in [1.54, 1.807) is 6.07 Å². The highest BCUT2D eigenvalue weighted by atomic mass is 16.5. The molecule has 0 spiro atoms. The van der Waals surface area contributed by atoms with Crippen LogP contribution >= 0.6 is 0 Å². The lowest BCUT2D eigenvalue weighted by molar-refractivity contribution is -0.145. The standard InChI is InChI=1S/C21H25N5O3/c1-13(2)12-29-21(28)15(11-22)18-20(25-17-6-4-3-5-16(17)24-18)26-9-7-14(8-10-26)19(23)27/h3-6,13-15H,7-10,12H2,1-2H3,(H2,23,27). The molecule has 2 heterocycles. The van der Waals surface area contributed by atoms with Gasteiger partial charge in [-0.05, 0) is 30.9 Å². The van der Waals surface area contributed by atoms with E-state index in [4.69, 9.17) is 15.5 Å². The molecule has 1 fully saturated rings. The van der Waals surface area contributed by atoms with Crippen LogP contribution in [-0.2, 0) is 14.3 Å². The maximum atomic E-state index is 12.6. The van der Waals surface area contributed by atoms with Gasteiger partial charge in [-0.2, -0.15) is 5.26 Å². The van der Waals surface area contributed by atoms with Crippen LogP contribution in [0.4, 0.5) is 5.82 Å². The summed E-state index contributed by atoms with van der Waals surface area (Å²) in [4.78, 5) is 35.4. The minimum atomic E-state index is -1.17. The minimum absolute atomic E-state index is 0.160. The smallest absolute Gasteiger partial charge is 0.329 e. The van der Waals surface area contributed by atoms with Crippen LogP contribution in [0, 0.1) is 23.2 Å². The number of fused-ring (bicyclic) bond motifs is 1. The van der Waals surface area contributed by atoms with E-state index in [9.17, 15) is 14.9 Å². The summed E-state index contributed by atoms with van der Waals surface area (Å²) < 4.78 is 5.30. The third-order valence-electron chi connectivity index (χ3n) is 4.97. The lowest BCUT2D eigenvalue weighted by atomic mass is 9.95. The second kappa shape index (κ2) is 8.86. The molecule has 29 heavy (non-hydrogen) atoms. The topological polar surface area (TPSA) is 122 Å². The van der Waals surface area contributed by atoms with Gasteiger partial charge in [0, 0.05) is 19.0 Å². The molecule has 1 aromatic carbocycles.